The summed E-state index contributed by atoms with van der Waals surface area (Å²) in [6, 6.07) is 20.7. The summed E-state index contributed by atoms with van der Waals surface area (Å²) in [5.74, 6) is -0.266. The van der Waals surface area contributed by atoms with Crippen LogP contribution < -0.4 is 5.32 Å². The molecule has 206 valence electrons. The summed E-state index contributed by atoms with van der Waals surface area (Å²) in [4.78, 5) is 27.4. The summed E-state index contributed by atoms with van der Waals surface area (Å²) < 4.78 is 6.12. The van der Waals surface area contributed by atoms with E-state index in [1.807, 2.05) is 82.3 Å². The Hall–Kier alpha value is -3.78. The van der Waals surface area contributed by atoms with Gasteiger partial charge in [0.15, 0.2) is 5.69 Å². The Kier molecular flexibility index (Phi) is 7.80. The minimum atomic E-state index is -1.00. The van der Waals surface area contributed by atoms with Crippen molar-refractivity contribution in [2.45, 2.75) is 77.2 Å². The molecule has 4 rings (SSSR count). The molecule has 0 spiro atoms. The summed E-state index contributed by atoms with van der Waals surface area (Å²) in [5, 5.41) is 21.8. The van der Waals surface area contributed by atoms with Gasteiger partial charge >= 0.3 is 6.09 Å². The average molecular weight is 531 g/mol. The third kappa shape index (κ3) is 6.81. The van der Waals surface area contributed by atoms with Crippen molar-refractivity contribution in [3.63, 3.8) is 0 Å². The van der Waals surface area contributed by atoms with E-state index in [4.69, 9.17) is 4.74 Å². The lowest BCUT2D eigenvalue weighted by molar-refractivity contribution is -0.101. The van der Waals surface area contributed by atoms with Crippen LogP contribution in [-0.4, -0.2) is 49.9 Å². The van der Waals surface area contributed by atoms with Crippen molar-refractivity contribution >= 4 is 12.0 Å². The lowest BCUT2D eigenvalue weighted by Crippen LogP contribution is -2.51. The predicted octanol–water partition coefficient (Wildman–Crippen LogP) is 5.63. The Bertz CT molecular complexity index is 1300. The predicted molar refractivity (Wildman–Crippen MR) is 150 cm³/mol. The normalized spacial score (nSPS) is 18.8. The Morgan fingerprint density at radius 2 is 1.69 bits per heavy atom. The smallest absolute Gasteiger partial charge is 0.411 e. The number of nitrogens with zero attached hydrogens (tertiary/aromatic N) is 3. The highest BCUT2D eigenvalue weighted by molar-refractivity contribution is 5.92. The van der Waals surface area contributed by atoms with Crippen molar-refractivity contribution in [3.8, 4) is 11.3 Å². The minimum absolute atomic E-state index is 0.211. The number of hydrogen-bond donors (Lipinski definition) is 2. The first kappa shape index (κ1) is 28.2. The molecular formula is C31H38N4O4. The van der Waals surface area contributed by atoms with Gasteiger partial charge in [-0.25, -0.2) is 4.79 Å². The molecule has 3 aromatic rings. The molecule has 0 radical (unpaired) electrons. The fraction of sp³-hybridized carbons (Fsp3) is 0.419. The Morgan fingerprint density at radius 3 is 2.23 bits per heavy atom. The largest absolute Gasteiger partial charge is 0.438 e. The Morgan fingerprint density at radius 1 is 1.03 bits per heavy atom. The van der Waals surface area contributed by atoms with Gasteiger partial charge in [0.2, 0.25) is 0 Å². The lowest BCUT2D eigenvalue weighted by atomic mass is 9.80. The number of cyclic esters (lactones) is 1. The van der Waals surface area contributed by atoms with E-state index in [9.17, 15) is 14.7 Å². The molecule has 2 aromatic carbocycles. The second kappa shape index (κ2) is 10.8. The number of benzene rings is 2. The van der Waals surface area contributed by atoms with Gasteiger partial charge in [0.25, 0.3) is 5.91 Å². The number of ether oxygens (including phenoxy) is 1. The van der Waals surface area contributed by atoms with Crippen LogP contribution in [0, 0.1) is 0 Å². The first-order chi connectivity index (χ1) is 18.3. The lowest BCUT2D eigenvalue weighted by Gasteiger charge is -2.45. The molecule has 8 heteroatoms. The highest BCUT2D eigenvalue weighted by Crippen LogP contribution is 2.42. The van der Waals surface area contributed by atoms with Gasteiger partial charge in [-0.15, -0.1) is 10.2 Å². The van der Waals surface area contributed by atoms with Crippen LogP contribution in [0.5, 0.6) is 0 Å². The van der Waals surface area contributed by atoms with Crippen LogP contribution in [0.15, 0.2) is 66.7 Å². The van der Waals surface area contributed by atoms with Crippen molar-refractivity contribution in [1.82, 2.24) is 20.4 Å². The molecule has 1 aliphatic heterocycles. The van der Waals surface area contributed by atoms with E-state index in [1.54, 1.807) is 30.9 Å². The molecule has 2 atom stereocenters. The zero-order valence-electron chi connectivity index (χ0n) is 23.6. The monoisotopic (exact) mass is 530 g/mol. The van der Waals surface area contributed by atoms with E-state index in [0.717, 1.165) is 16.7 Å². The van der Waals surface area contributed by atoms with Crippen molar-refractivity contribution in [3.05, 3.63) is 83.6 Å². The van der Waals surface area contributed by atoms with Crippen molar-refractivity contribution in [2.75, 3.05) is 6.54 Å². The third-order valence-electron chi connectivity index (χ3n) is 6.83. The summed E-state index contributed by atoms with van der Waals surface area (Å²) >= 11 is 0. The standard InChI is InChI=1S/C31H38N4O4/c1-21(35-19-18-31(39-28(35)37,20-30(5,6)38)24-10-8-7-9-11-24)22-12-14-23(15-13-22)25-16-17-26(34-33-25)27(36)32-29(2,3)4/h7-17,21,38H,18-20H2,1-6H3,(H,32,36). The Labute approximate surface area is 230 Å². The number of aromatic nitrogens is 2. The molecule has 2 unspecified atom stereocenters. The maximum Gasteiger partial charge on any atom is 0.411 e. The van der Waals surface area contributed by atoms with Gasteiger partial charge in [0, 0.05) is 30.5 Å². The van der Waals surface area contributed by atoms with E-state index < -0.39 is 17.3 Å². The molecule has 2 amide bonds. The van der Waals surface area contributed by atoms with Gasteiger partial charge in [-0.3, -0.25) is 4.79 Å². The maximum absolute atomic E-state index is 13.3. The number of hydrogen-bond acceptors (Lipinski definition) is 6. The summed E-state index contributed by atoms with van der Waals surface area (Å²) in [5.41, 5.74) is 1.37. The fourth-order valence-electron chi connectivity index (χ4n) is 5.02. The summed E-state index contributed by atoms with van der Waals surface area (Å²) in [7, 11) is 0. The van der Waals surface area contributed by atoms with Gasteiger partial charge < -0.3 is 20.1 Å². The van der Waals surface area contributed by atoms with Gasteiger partial charge in [0.1, 0.15) is 5.60 Å². The number of carbonyl (C=O) groups is 2. The molecule has 1 aromatic heterocycles. The number of rotatable bonds is 7. The van der Waals surface area contributed by atoms with Crippen molar-refractivity contribution < 1.29 is 19.4 Å². The van der Waals surface area contributed by atoms with Crippen LogP contribution in [0.25, 0.3) is 11.3 Å². The van der Waals surface area contributed by atoms with Crippen LogP contribution in [0.1, 0.15) is 82.0 Å². The zero-order chi connectivity index (χ0) is 28.4. The van der Waals surface area contributed by atoms with E-state index in [-0.39, 0.29) is 23.2 Å². The van der Waals surface area contributed by atoms with Crippen LogP contribution in [-0.2, 0) is 10.3 Å². The maximum atomic E-state index is 13.3. The number of nitrogens with one attached hydrogen (secondary N) is 1. The molecule has 1 saturated heterocycles. The summed E-state index contributed by atoms with van der Waals surface area (Å²) in [6.45, 7) is 11.7. The van der Waals surface area contributed by atoms with Crippen molar-refractivity contribution in [1.29, 1.82) is 0 Å². The highest BCUT2D eigenvalue weighted by Gasteiger charge is 2.46. The minimum Gasteiger partial charge on any atom is -0.438 e. The molecule has 0 saturated carbocycles. The average Bonchev–Trinajstić information content (AvgIpc) is 2.87. The van der Waals surface area contributed by atoms with Crippen LogP contribution >= 0.6 is 0 Å². The van der Waals surface area contributed by atoms with E-state index in [0.29, 0.717) is 25.1 Å². The first-order valence-electron chi connectivity index (χ1n) is 13.3. The Balaban J connectivity index is 1.47. The molecule has 0 aliphatic carbocycles. The van der Waals surface area contributed by atoms with E-state index in [1.165, 1.54) is 0 Å². The second-order valence-electron chi connectivity index (χ2n) is 12.0. The molecule has 2 heterocycles. The molecular weight excluding hydrogens is 492 g/mol. The fourth-order valence-corrected chi connectivity index (χ4v) is 5.02. The summed E-state index contributed by atoms with van der Waals surface area (Å²) in [6.07, 6.45) is 0.477. The van der Waals surface area contributed by atoms with Gasteiger partial charge in [0.05, 0.1) is 17.3 Å². The third-order valence-corrected chi connectivity index (χ3v) is 6.83. The number of carbonyl (C=O) groups excluding carboxylic acids is 2. The molecule has 39 heavy (non-hydrogen) atoms. The van der Waals surface area contributed by atoms with Crippen LogP contribution in [0.3, 0.4) is 0 Å². The molecule has 2 N–H and O–H groups in total. The highest BCUT2D eigenvalue weighted by atomic mass is 16.6. The zero-order valence-corrected chi connectivity index (χ0v) is 23.6. The molecule has 1 fully saturated rings. The first-order valence-corrected chi connectivity index (χ1v) is 13.3. The molecule has 0 bridgehead atoms. The SMILES string of the molecule is CC(c1ccc(-c2ccc(C(=O)NC(C)(C)C)nn2)cc1)N1CCC(CC(C)(C)O)(c2ccccc2)OC1=O. The topological polar surface area (TPSA) is 105 Å². The van der Waals surface area contributed by atoms with Crippen LogP contribution in [0.4, 0.5) is 4.79 Å². The number of amides is 2. The van der Waals surface area contributed by atoms with Crippen LogP contribution in [0.2, 0.25) is 0 Å². The van der Waals surface area contributed by atoms with Gasteiger partial charge in [-0.05, 0) is 64.8 Å². The van der Waals surface area contributed by atoms with Crippen molar-refractivity contribution in [2.24, 2.45) is 0 Å². The number of aliphatic hydroxyl groups is 1. The van der Waals surface area contributed by atoms with E-state index >= 15 is 0 Å². The van der Waals surface area contributed by atoms with E-state index in [2.05, 4.69) is 15.5 Å². The molecule has 1 aliphatic rings. The quantitative estimate of drug-likeness (QED) is 0.410. The van der Waals surface area contributed by atoms with Gasteiger partial charge in [-0.1, -0.05) is 54.6 Å². The second-order valence-corrected chi connectivity index (χ2v) is 12.0. The van der Waals surface area contributed by atoms with Gasteiger partial charge in [-0.2, -0.15) is 0 Å². The molecule has 8 nitrogen and oxygen atoms in total.